The Labute approximate surface area is 94.4 Å². The largest absolute Gasteiger partial charge is 0.395 e. The summed E-state index contributed by atoms with van der Waals surface area (Å²) in [6, 6.07) is 0.280. The Morgan fingerprint density at radius 3 is 3.00 bits per heavy atom. The molecule has 0 aromatic carbocycles. The zero-order valence-electron chi connectivity index (χ0n) is 9.30. The summed E-state index contributed by atoms with van der Waals surface area (Å²) < 4.78 is 5.22. The summed E-state index contributed by atoms with van der Waals surface area (Å²) in [4.78, 5) is 6.64. The Kier molecular flexibility index (Phi) is 2.65. The molecular formula is C11H17N3O2. The van der Waals surface area contributed by atoms with Crippen LogP contribution in [0.3, 0.4) is 0 Å². The van der Waals surface area contributed by atoms with Crippen molar-refractivity contribution in [1.82, 2.24) is 15.0 Å². The van der Waals surface area contributed by atoms with E-state index in [1.54, 1.807) is 0 Å². The third kappa shape index (κ3) is 1.97. The Morgan fingerprint density at radius 1 is 1.38 bits per heavy atom. The molecule has 0 amide bonds. The lowest BCUT2D eigenvalue weighted by atomic mass is 10.2. The highest BCUT2D eigenvalue weighted by atomic mass is 16.5. The molecule has 0 unspecified atom stereocenters. The molecule has 1 N–H and O–H groups in total. The summed E-state index contributed by atoms with van der Waals surface area (Å²) in [5.74, 6) is 2.09. The molecule has 0 spiro atoms. The van der Waals surface area contributed by atoms with Gasteiger partial charge in [0.1, 0.15) is 0 Å². The van der Waals surface area contributed by atoms with Gasteiger partial charge in [0.25, 0.3) is 0 Å². The van der Waals surface area contributed by atoms with Gasteiger partial charge in [-0.3, -0.25) is 4.90 Å². The Morgan fingerprint density at radius 2 is 2.25 bits per heavy atom. The number of rotatable bonds is 4. The van der Waals surface area contributed by atoms with Crippen LogP contribution in [0.25, 0.3) is 0 Å². The molecule has 16 heavy (non-hydrogen) atoms. The fourth-order valence-corrected chi connectivity index (χ4v) is 2.32. The second-order valence-corrected chi connectivity index (χ2v) is 4.77. The highest BCUT2D eigenvalue weighted by molar-refractivity contribution is 5.02. The monoisotopic (exact) mass is 223 g/mol. The van der Waals surface area contributed by atoms with Crippen molar-refractivity contribution in [3.63, 3.8) is 0 Å². The Hall–Kier alpha value is -0.940. The van der Waals surface area contributed by atoms with Crippen molar-refractivity contribution in [2.75, 3.05) is 13.2 Å². The van der Waals surface area contributed by atoms with E-state index in [-0.39, 0.29) is 12.6 Å². The predicted molar refractivity (Wildman–Crippen MR) is 56.8 cm³/mol. The van der Waals surface area contributed by atoms with Crippen LogP contribution in [-0.4, -0.2) is 39.3 Å². The van der Waals surface area contributed by atoms with Gasteiger partial charge < -0.3 is 9.63 Å². The molecule has 2 aliphatic rings. The van der Waals surface area contributed by atoms with Crippen molar-refractivity contribution in [2.24, 2.45) is 0 Å². The van der Waals surface area contributed by atoms with E-state index < -0.39 is 0 Å². The maximum Gasteiger partial charge on any atom is 0.229 e. The molecule has 1 atom stereocenters. The van der Waals surface area contributed by atoms with E-state index in [0.29, 0.717) is 12.5 Å². The zero-order chi connectivity index (χ0) is 11.0. The van der Waals surface area contributed by atoms with Gasteiger partial charge in [-0.1, -0.05) is 5.16 Å². The van der Waals surface area contributed by atoms with Gasteiger partial charge in [-0.2, -0.15) is 4.98 Å². The summed E-state index contributed by atoms with van der Waals surface area (Å²) in [5.41, 5.74) is 0. The number of aliphatic hydroxyl groups is 1. The van der Waals surface area contributed by atoms with Crippen molar-refractivity contribution < 1.29 is 9.63 Å². The standard InChI is InChI=1S/C11H17N3O2/c15-7-9-2-1-5-14(9)6-10-12-11(16-13-10)8-3-4-8/h8-9,15H,1-7H2/t9-/m0/s1. The number of likely N-dealkylation sites (tertiary alicyclic amines) is 1. The maximum atomic E-state index is 9.21. The highest BCUT2D eigenvalue weighted by Gasteiger charge is 2.30. The quantitative estimate of drug-likeness (QED) is 0.821. The summed E-state index contributed by atoms with van der Waals surface area (Å²) in [6.07, 6.45) is 4.59. The molecular weight excluding hydrogens is 206 g/mol. The molecule has 0 bridgehead atoms. The number of aromatic nitrogens is 2. The molecule has 1 aromatic heterocycles. The topological polar surface area (TPSA) is 62.4 Å². The van der Waals surface area contributed by atoms with E-state index >= 15 is 0 Å². The molecule has 1 aliphatic heterocycles. The normalized spacial score (nSPS) is 26.4. The summed E-state index contributed by atoms with van der Waals surface area (Å²) in [7, 11) is 0. The first-order valence-corrected chi connectivity index (χ1v) is 6.04. The minimum Gasteiger partial charge on any atom is -0.395 e. The number of aliphatic hydroxyl groups excluding tert-OH is 1. The van der Waals surface area contributed by atoms with Gasteiger partial charge >= 0.3 is 0 Å². The van der Waals surface area contributed by atoms with Crippen molar-refractivity contribution in [3.8, 4) is 0 Å². The second-order valence-electron chi connectivity index (χ2n) is 4.77. The lowest BCUT2D eigenvalue weighted by molar-refractivity contribution is 0.150. The van der Waals surface area contributed by atoms with E-state index in [9.17, 15) is 5.11 Å². The Balaban J connectivity index is 1.63. The van der Waals surface area contributed by atoms with Gasteiger partial charge in [-0.15, -0.1) is 0 Å². The molecule has 5 nitrogen and oxygen atoms in total. The van der Waals surface area contributed by atoms with Crippen LogP contribution in [0.1, 0.15) is 43.3 Å². The van der Waals surface area contributed by atoms with Crippen LogP contribution in [0.4, 0.5) is 0 Å². The first kappa shape index (κ1) is 10.2. The molecule has 3 rings (SSSR count). The molecule has 2 fully saturated rings. The summed E-state index contributed by atoms with van der Waals surface area (Å²) in [5, 5.41) is 13.2. The molecule has 1 saturated heterocycles. The SMILES string of the molecule is OC[C@@H]1CCCN1Cc1noc(C2CC2)n1. The van der Waals surface area contributed by atoms with E-state index in [1.165, 1.54) is 12.8 Å². The average molecular weight is 223 g/mol. The fraction of sp³-hybridized carbons (Fsp3) is 0.818. The van der Waals surface area contributed by atoms with Crippen LogP contribution < -0.4 is 0 Å². The molecule has 1 aliphatic carbocycles. The van der Waals surface area contributed by atoms with Crippen LogP contribution in [0.5, 0.6) is 0 Å². The van der Waals surface area contributed by atoms with Crippen molar-refractivity contribution in [3.05, 3.63) is 11.7 Å². The van der Waals surface area contributed by atoms with Gasteiger partial charge in [0.15, 0.2) is 5.82 Å². The van der Waals surface area contributed by atoms with E-state index in [4.69, 9.17) is 4.52 Å². The van der Waals surface area contributed by atoms with Crippen LogP contribution in [-0.2, 0) is 6.54 Å². The van der Waals surface area contributed by atoms with Crippen LogP contribution in [0, 0.1) is 0 Å². The zero-order valence-corrected chi connectivity index (χ0v) is 9.30. The first-order chi connectivity index (χ1) is 7.86. The number of hydrogen-bond donors (Lipinski definition) is 1. The molecule has 88 valence electrons. The summed E-state index contributed by atoms with van der Waals surface area (Å²) >= 11 is 0. The van der Waals surface area contributed by atoms with Crippen molar-refractivity contribution in [2.45, 2.75) is 44.2 Å². The minimum atomic E-state index is 0.229. The van der Waals surface area contributed by atoms with Crippen LogP contribution in [0.15, 0.2) is 4.52 Å². The van der Waals surface area contributed by atoms with Gasteiger partial charge in [0.2, 0.25) is 5.89 Å². The van der Waals surface area contributed by atoms with Crippen molar-refractivity contribution in [1.29, 1.82) is 0 Å². The summed E-state index contributed by atoms with van der Waals surface area (Å²) in [6.45, 7) is 1.97. The van der Waals surface area contributed by atoms with Crippen LogP contribution >= 0.6 is 0 Å². The Bertz CT molecular complexity index is 362. The lowest BCUT2D eigenvalue weighted by Crippen LogP contribution is -2.31. The van der Waals surface area contributed by atoms with Gasteiger partial charge in [-0.05, 0) is 32.2 Å². The maximum absolute atomic E-state index is 9.21. The third-order valence-corrected chi connectivity index (χ3v) is 3.46. The average Bonchev–Trinajstić information content (AvgIpc) is 2.88. The van der Waals surface area contributed by atoms with Gasteiger partial charge in [-0.25, -0.2) is 0 Å². The fourth-order valence-electron chi connectivity index (χ4n) is 2.32. The van der Waals surface area contributed by atoms with Gasteiger partial charge in [0.05, 0.1) is 13.2 Å². The lowest BCUT2D eigenvalue weighted by Gasteiger charge is -2.20. The van der Waals surface area contributed by atoms with E-state index in [1.807, 2.05) is 0 Å². The first-order valence-electron chi connectivity index (χ1n) is 6.04. The smallest absolute Gasteiger partial charge is 0.229 e. The molecule has 5 heteroatoms. The molecule has 1 saturated carbocycles. The third-order valence-electron chi connectivity index (χ3n) is 3.46. The molecule has 0 radical (unpaired) electrons. The van der Waals surface area contributed by atoms with E-state index in [2.05, 4.69) is 15.0 Å². The van der Waals surface area contributed by atoms with Crippen molar-refractivity contribution >= 4 is 0 Å². The van der Waals surface area contributed by atoms with Crippen LogP contribution in [0.2, 0.25) is 0 Å². The van der Waals surface area contributed by atoms with E-state index in [0.717, 1.165) is 31.1 Å². The number of nitrogens with zero attached hydrogens (tertiary/aromatic N) is 3. The highest BCUT2D eigenvalue weighted by Crippen LogP contribution is 2.38. The second kappa shape index (κ2) is 4.14. The van der Waals surface area contributed by atoms with Gasteiger partial charge in [0, 0.05) is 12.0 Å². The molecule has 1 aromatic rings. The number of hydrogen-bond acceptors (Lipinski definition) is 5. The predicted octanol–water partition coefficient (Wildman–Crippen LogP) is 0.904. The minimum absolute atomic E-state index is 0.229. The molecule has 2 heterocycles.